The van der Waals surface area contributed by atoms with Crippen molar-refractivity contribution in [3.63, 3.8) is 0 Å². The van der Waals surface area contributed by atoms with E-state index in [1.165, 1.54) is 0 Å². The Morgan fingerprint density at radius 3 is 2.52 bits per heavy atom. The van der Waals surface area contributed by atoms with Gasteiger partial charge in [0.1, 0.15) is 0 Å². The third-order valence-electron chi connectivity index (χ3n) is 3.14. The van der Waals surface area contributed by atoms with Gasteiger partial charge in [0.2, 0.25) is 0 Å². The highest BCUT2D eigenvalue weighted by Crippen LogP contribution is 2.28. The van der Waals surface area contributed by atoms with Gasteiger partial charge in [-0.3, -0.25) is 0 Å². The van der Waals surface area contributed by atoms with Gasteiger partial charge < -0.3 is 19.7 Å². The lowest BCUT2D eigenvalue weighted by Crippen LogP contribution is -2.13. The molecule has 0 unspecified atom stereocenters. The summed E-state index contributed by atoms with van der Waals surface area (Å²) in [5, 5.41) is 3.40. The van der Waals surface area contributed by atoms with Crippen LogP contribution in [0.1, 0.15) is 5.56 Å². The number of rotatable bonds is 6. The molecule has 0 aliphatic heterocycles. The second kappa shape index (κ2) is 6.83. The Labute approximate surface area is 125 Å². The second-order valence-electron chi connectivity index (χ2n) is 4.81. The van der Waals surface area contributed by atoms with E-state index in [1.807, 2.05) is 49.3 Å². The van der Waals surface area contributed by atoms with Gasteiger partial charge in [0, 0.05) is 26.8 Å². The van der Waals surface area contributed by atoms with Crippen molar-refractivity contribution >= 4 is 11.5 Å². The first-order chi connectivity index (χ1) is 10.2. The number of methoxy groups -OCH3 is 2. The molecule has 0 spiro atoms. The van der Waals surface area contributed by atoms with Crippen LogP contribution in [-0.2, 0) is 6.54 Å². The molecule has 2 rings (SSSR count). The zero-order valence-electron chi connectivity index (χ0n) is 12.9. The van der Waals surface area contributed by atoms with Crippen LogP contribution in [0.5, 0.6) is 11.5 Å². The van der Waals surface area contributed by atoms with E-state index in [0.29, 0.717) is 6.54 Å². The molecular formula is C16H21N3O2. The van der Waals surface area contributed by atoms with Crippen LogP contribution in [0.3, 0.4) is 0 Å². The lowest BCUT2D eigenvalue weighted by Gasteiger charge is -2.17. The molecule has 0 atom stereocenters. The summed E-state index contributed by atoms with van der Waals surface area (Å²) in [5.41, 5.74) is 2.11. The molecule has 5 nitrogen and oxygen atoms in total. The van der Waals surface area contributed by atoms with E-state index in [2.05, 4.69) is 10.3 Å². The van der Waals surface area contributed by atoms with Crippen LogP contribution < -0.4 is 19.7 Å². The molecule has 1 heterocycles. The summed E-state index contributed by atoms with van der Waals surface area (Å²) in [5.74, 6) is 2.38. The van der Waals surface area contributed by atoms with Gasteiger partial charge >= 0.3 is 0 Å². The molecule has 0 saturated heterocycles. The molecule has 21 heavy (non-hydrogen) atoms. The lowest BCUT2D eigenvalue weighted by molar-refractivity contribution is 0.354. The lowest BCUT2D eigenvalue weighted by atomic mass is 10.2. The van der Waals surface area contributed by atoms with Crippen LogP contribution in [0.15, 0.2) is 36.5 Å². The van der Waals surface area contributed by atoms with E-state index in [9.17, 15) is 0 Å². The monoisotopic (exact) mass is 287 g/mol. The van der Waals surface area contributed by atoms with Crippen LogP contribution in [0.4, 0.5) is 11.5 Å². The van der Waals surface area contributed by atoms with Gasteiger partial charge in [0.15, 0.2) is 17.3 Å². The molecule has 1 aromatic carbocycles. The highest BCUT2D eigenvalue weighted by atomic mass is 16.5. The number of aromatic nitrogens is 1. The van der Waals surface area contributed by atoms with Gasteiger partial charge in [-0.2, -0.15) is 0 Å². The van der Waals surface area contributed by atoms with Crippen LogP contribution in [0, 0.1) is 0 Å². The normalized spacial score (nSPS) is 10.1. The van der Waals surface area contributed by atoms with Gasteiger partial charge in [0.25, 0.3) is 0 Å². The van der Waals surface area contributed by atoms with E-state index < -0.39 is 0 Å². The summed E-state index contributed by atoms with van der Waals surface area (Å²) < 4.78 is 10.6. The van der Waals surface area contributed by atoms with Gasteiger partial charge in [-0.05, 0) is 29.8 Å². The largest absolute Gasteiger partial charge is 0.493 e. The fourth-order valence-electron chi connectivity index (χ4n) is 2.08. The van der Waals surface area contributed by atoms with Crippen molar-refractivity contribution in [2.45, 2.75) is 6.54 Å². The van der Waals surface area contributed by atoms with Crippen molar-refractivity contribution in [3.05, 3.63) is 42.1 Å². The van der Waals surface area contributed by atoms with Gasteiger partial charge in [-0.1, -0.05) is 6.07 Å². The zero-order valence-corrected chi connectivity index (χ0v) is 12.9. The highest BCUT2D eigenvalue weighted by Gasteiger charge is 2.07. The highest BCUT2D eigenvalue weighted by molar-refractivity contribution is 5.64. The maximum atomic E-state index is 5.32. The molecule has 0 saturated carbocycles. The molecule has 1 N–H and O–H groups in total. The predicted octanol–water partition coefficient (Wildman–Crippen LogP) is 2.78. The molecule has 0 aliphatic rings. The summed E-state index contributed by atoms with van der Waals surface area (Å²) in [6, 6.07) is 9.83. The van der Waals surface area contributed by atoms with E-state index in [0.717, 1.165) is 28.6 Å². The minimum Gasteiger partial charge on any atom is -0.493 e. The Balaban J connectivity index is 2.13. The van der Waals surface area contributed by atoms with E-state index in [1.54, 1.807) is 20.4 Å². The fourth-order valence-corrected chi connectivity index (χ4v) is 2.08. The maximum absolute atomic E-state index is 5.32. The van der Waals surface area contributed by atoms with Crippen LogP contribution in [0.25, 0.3) is 0 Å². The van der Waals surface area contributed by atoms with E-state index in [4.69, 9.17) is 9.47 Å². The minimum atomic E-state index is 0.687. The summed E-state index contributed by atoms with van der Waals surface area (Å²) in [6.07, 6.45) is 1.79. The van der Waals surface area contributed by atoms with Crippen molar-refractivity contribution in [2.75, 3.05) is 38.5 Å². The van der Waals surface area contributed by atoms with Gasteiger partial charge in [-0.15, -0.1) is 0 Å². The Morgan fingerprint density at radius 1 is 1.10 bits per heavy atom. The number of ether oxygens (including phenoxy) is 2. The van der Waals surface area contributed by atoms with Gasteiger partial charge in [-0.25, -0.2) is 4.98 Å². The average molecular weight is 287 g/mol. The summed E-state index contributed by atoms with van der Waals surface area (Å²) in [6.45, 7) is 0.687. The van der Waals surface area contributed by atoms with Crippen molar-refractivity contribution in [3.8, 4) is 11.5 Å². The molecule has 1 aromatic heterocycles. The Hall–Kier alpha value is -2.43. The molecule has 0 radical (unpaired) electrons. The van der Waals surface area contributed by atoms with Crippen molar-refractivity contribution in [1.29, 1.82) is 0 Å². The van der Waals surface area contributed by atoms with Crippen LogP contribution in [-0.4, -0.2) is 33.3 Å². The van der Waals surface area contributed by atoms with Crippen LogP contribution >= 0.6 is 0 Å². The third kappa shape index (κ3) is 3.56. The molecule has 112 valence electrons. The predicted molar refractivity (Wildman–Crippen MR) is 85.4 cm³/mol. The van der Waals surface area contributed by atoms with E-state index >= 15 is 0 Å². The van der Waals surface area contributed by atoms with Gasteiger partial charge in [0.05, 0.1) is 19.9 Å². The number of benzene rings is 1. The number of hydrogen-bond acceptors (Lipinski definition) is 5. The number of pyridine rings is 1. The quantitative estimate of drug-likeness (QED) is 0.885. The first-order valence-corrected chi connectivity index (χ1v) is 6.73. The SMILES string of the molecule is COc1ccc(CNc2cccnc2N(C)C)cc1OC. The maximum Gasteiger partial charge on any atom is 0.161 e. The van der Waals surface area contributed by atoms with E-state index in [-0.39, 0.29) is 0 Å². The Bertz CT molecular complexity index is 600. The number of hydrogen-bond donors (Lipinski definition) is 1. The topological polar surface area (TPSA) is 46.6 Å². The average Bonchev–Trinajstić information content (AvgIpc) is 2.52. The number of nitrogens with zero attached hydrogens (tertiary/aromatic N) is 2. The Kier molecular flexibility index (Phi) is 4.87. The minimum absolute atomic E-state index is 0.687. The molecule has 0 amide bonds. The smallest absolute Gasteiger partial charge is 0.161 e. The third-order valence-corrected chi connectivity index (χ3v) is 3.14. The van der Waals surface area contributed by atoms with Crippen LogP contribution in [0.2, 0.25) is 0 Å². The number of anilines is 2. The summed E-state index contributed by atoms with van der Waals surface area (Å²) in [4.78, 5) is 6.35. The first-order valence-electron chi connectivity index (χ1n) is 6.73. The summed E-state index contributed by atoms with van der Waals surface area (Å²) >= 11 is 0. The molecule has 0 aliphatic carbocycles. The molecule has 0 fully saturated rings. The second-order valence-corrected chi connectivity index (χ2v) is 4.81. The standard InChI is InChI=1S/C16H21N3O2/c1-19(2)16-13(6-5-9-17-16)18-11-12-7-8-14(20-3)15(10-12)21-4/h5-10,18H,11H2,1-4H3. The fraction of sp³-hybridized carbons (Fsp3) is 0.312. The number of nitrogens with one attached hydrogen (secondary N) is 1. The molecule has 2 aromatic rings. The molecular weight excluding hydrogens is 266 g/mol. The first kappa shape index (κ1) is 15.0. The van der Waals surface area contributed by atoms with Crippen molar-refractivity contribution in [1.82, 2.24) is 4.98 Å². The summed E-state index contributed by atoms with van der Waals surface area (Å²) in [7, 11) is 7.23. The molecule has 0 bridgehead atoms. The zero-order chi connectivity index (χ0) is 15.2. The van der Waals surface area contributed by atoms with Crippen molar-refractivity contribution < 1.29 is 9.47 Å². The van der Waals surface area contributed by atoms with Crippen molar-refractivity contribution in [2.24, 2.45) is 0 Å². The molecule has 5 heteroatoms. The Morgan fingerprint density at radius 2 is 1.86 bits per heavy atom.